The van der Waals surface area contributed by atoms with Crippen molar-refractivity contribution in [2.24, 2.45) is 0 Å². The van der Waals surface area contributed by atoms with Crippen molar-refractivity contribution >= 4 is 30.4 Å². The SMILES string of the molecule is CC(C)(C)OC(=O)n1c(Cl)ccc1B1OC(C)(C)C(C)(C)O1. The minimum absolute atomic E-state index is 0.263. The molecule has 0 aromatic carbocycles. The molecule has 0 N–H and O–H groups in total. The van der Waals surface area contributed by atoms with Crippen LogP contribution in [0.5, 0.6) is 0 Å². The maximum Gasteiger partial charge on any atom is 0.513 e. The van der Waals surface area contributed by atoms with Crippen molar-refractivity contribution in [1.29, 1.82) is 0 Å². The van der Waals surface area contributed by atoms with Crippen LogP contribution in [0.15, 0.2) is 12.1 Å². The molecule has 7 heteroatoms. The van der Waals surface area contributed by atoms with Crippen LogP contribution in [0.1, 0.15) is 48.5 Å². The van der Waals surface area contributed by atoms with Gasteiger partial charge in [0, 0.05) is 0 Å². The van der Waals surface area contributed by atoms with Gasteiger partial charge >= 0.3 is 13.2 Å². The number of nitrogens with zero attached hydrogens (tertiary/aromatic N) is 1. The van der Waals surface area contributed by atoms with Crippen LogP contribution in [0.4, 0.5) is 4.79 Å². The number of carbonyl (C=O) groups excluding carboxylic acids is 1. The van der Waals surface area contributed by atoms with E-state index in [4.69, 9.17) is 25.6 Å². The van der Waals surface area contributed by atoms with Crippen molar-refractivity contribution < 1.29 is 18.8 Å². The van der Waals surface area contributed by atoms with E-state index in [1.807, 2.05) is 27.7 Å². The third-order valence-electron chi connectivity index (χ3n) is 3.93. The minimum atomic E-state index is -0.676. The molecule has 2 heterocycles. The van der Waals surface area contributed by atoms with Crippen LogP contribution in [0.2, 0.25) is 5.15 Å². The molecule has 0 bridgehead atoms. The van der Waals surface area contributed by atoms with Crippen LogP contribution in [-0.2, 0) is 14.0 Å². The van der Waals surface area contributed by atoms with Gasteiger partial charge in [-0.1, -0.05) is 11.6 Å². The van der Waals surface area contributed by atoms with Gasteiger partial charge in [-0.3, -0.25) is 0 Å². The van der Waals surface area contributed by atoms with Crippen molar-refractivity contribution in [3.63, 3.8) is 0 Å². The summed E-state index contributed by atoms with van der Waals surface area (Å²) in [5.41, 5.74) is -1.07. The summed E-state index contributed by atoms with van der Waals surface area (Å²) < 4.78 is 18.6. The van der Waals surface area contributed by atoms with E-state index in [-0.39, 0.29) is 5.15 Å². The van der Waals surface area contributed by atoms with Crippen molar-refractivity contribution in [2.75, 3.05) is 0 Å². The summed E-state index contributed by atoms with van der Waals surface area (Å²) in [5.74, 6) is 0. The van der Waals surface area contributed by atoms with Crippen molar-refractivity contribution in [1.82, 2.24) is 4.57 Å². The number of hydrogen-bond donors (Lipinski definition) is 0. The highest BCUT2D eigenvalue weighted by atomic mass is 35.5. The molecule has 0 radical (unpaired) electrons. The van der Waals surface area contributed by atoms with Gasteiger partial charge in [0.05, 0.1) is 16.8 Å². The summed E-state index contributed by atoms with van der Waals surface area (Å²) in [6, 6.07) is 3.35. The largest absolute Gasteiger partial charge is 0.513 e. The summed E-state index contributed by atoms with van der Waals surface area (Å²) in [7, 11) is -0.676. The quantitative estimate of drug-likeness (QED) is 0.743. The molecule has 0 aliphatic carbocycles. The zero-order valence-corrected chi connectivity index (χ0v) is 14.9. The lowest BCUT2D eigenvalue weighted by Gasteiger charge is -2.32. The van der Waals surface area contributed by atoms with E-state index in [9.17, 15) is 4.79 Å². The lowest BCUT2D eigenvalue weighted by molar-refractivity contribution is 0.00578. The van der Waals surface area contributed by atoms with Crippen molar-refractivity contribution in [3.8, 4) is 0 Å². The van der Waals surface area contributed by atoms with Gasteiger partial charge in [0.15, 0.2) is 0 Å². The highest BCUT2D eigenvalue weighted by molar-refractivity contribution is 6.62. The van der Waals surface area contributed by atoms with E-state index in [0.717, 1.165) is 0 Å². The van der Waals surface area contributed by atoms with Crippen LogP contribution in [0.3, 0.4) is 0 Å². The summed E-state index contributed by atoms with van der Waals surface area (Å²) in [6.07, 6.45) is -0.549. The van der Waals surface area contributed by atoms with Gasteiger partial charge in [-0.05, 0) is 60.6 Å². The summed E-state index contributed by atoms with van der Waals surface area (Å²) >= 11 is 6.14. The van der Waals surface area contributed by atoms with Gasteiger partial charge < -0.3 is 14.0 Å². The molecule has 1 aliphatic heterocycles. The Labute approximate surface area is 137 Å². The normalized spacial score (nSPS) is 20.3. The molecule has 0 spiro atoms. The molecule has 0 unspecified atom stereocenters. The van der Waals surface area contributed by atoms with E-state index >= 15 is 0 Å². The first-order chi connectivity index (χ1) is 9.84. The maximum absolute atomic E-state index is 12.4. The second-order valence-corrected chi connectivity index (χ2v) is 7.87. The molecule has 1 aliphatic rings. The van der Waals surface area contributed by atoms with E-state index in [0.29, 0.717) is 5.59 Å². The fraction of sp³-hybridized carbons (Fsp3) is 0.667. The highest BCUT2D eigenvalue weighted by Crippen LogP contribution is 2.36. The highest BCUT2D eigenvalue weighted by Gasteiger charge is 2.53. The first kappa shape index (κ1) is 17.4. The predicted octanol–water partition coefficient (Wildman–Crippen LogP) is 3.22. The molecule has 1 saturated heterocycles. The lowest BCUT2D eigenvalue weighted by atomic mass is 9.85. The minimum Gasteiger partial charge on any atom is -0.443 e. The monoisotopic (exact) mass is 327 g/mol. The van der Waals surface area contributed by atoms with Crippen LogP contribution >= 0.6 is 11.6 Å². The van der Waals surface area contributed by atoms with E-state index in [1.165, 1.54) is 4.57 Å². The smallest absolute Gasteiger partial charge is 0.443 e. The molecular formula is C15H23BClNO4. The molecule has 1 aromatic rings. The van der Waals surface area contributed by atoms with Crippen LogP contribution < -0.4 is 5.59 Å². The van der Waals surface area contributed by atoms with Crippen LogP contribution in [0.25, 0.3) is 0 Å². The van der Waals surface area contributed by atoms with Gasteiger partial charge in [0.2, 0.25) is 0 Å². The van der Waals surface area contributed by atoms with Crippen LogP contribution in [-0.4, -0.2) is 34.6 Å². The Kier molecular flexibility index (Phi) is 4.18. The predicted molar refractivity (Wildman–Crippen MR) is 86.8 cm³/mol. The number of rotatable bonds is 1. The number of hydrogen-bond acceptors (Lipinski definition) is 4. The van der Waals surface area contributed by atoms with Crippen molar-refractivity contribution in [2.45, 2.75) is 65.3 Å². The number of halogens is 1. The molecule has 1 aromatic heterocycles. The molecule has 22 heavy (non-hydrogen) atoms. The Bertz CT molecular complexity index is 573. The van der Waals surface area contributed by atoms with Gasteiger partial charge in [0.1, 0.15) is 10.8 Å². The topological polar surface area (TPSA) is 49.7 Å². The number of aromatic nitrogens is 1. The average Bonchev–Trinajstić information content (AvgIpc) is 2.75. The molecule has 5 nitrogen and oxygen atoms in total. The molecule has 0 amide bonds. The van der Waals surface area contributed by atoms with Crippen LogP contribution in [0, 0.1) is 0 Å². The van der Waals surface area contributed by atoms with Gasteiger partial charge in [-0.25, -0.2) is 9.36 Å². The van der Waals surface area contributed by atoms with Gasteiger partial charge in [-0.2, -0.15) is 0 Å². The Balaban J connectivity index is 2.34. The molecule has 2 rings (SSSR count). The fourth-order valence-corrected chi connectivity index (χ4v) is 2.30. The molecule has 0 atom stereocenters. The third kappa shape index (κ3) is 3.19. The van der Waals surface area contributed by atoms with E-state index < -0.39 is 30.0 Å². The summed E-state index contributed by atoms with van der Waals surface area (Å²) in [4.78, 5) is 12.4. The third-order valence-corrected chi connectivity index (χ3v) is 4.23. The second-order valence-electron chi connectivity index (χ2n) is 7.48. The average molecular weight is 328 g/mol. The molecule has 0 saturated carbocycles. The summed E-state index contributed by atoms with van der Waals surface area (Å²) in [5, 5.41) is 0.263. The summed E-state index contributed by atoms with van der Waals surface area (Å²) in [6.45, 7) is 13.2. The van der Waals surface area contributed by atoms with E-state index in [2.05, 4.69) is 0 Å². The lowest BCUT2D eigenvalue weighted by Crippen LogP contribution is -2.43. The Morgan fingerprint density at radius 1 is 1.18 bits per heavy atom. The van der Waals surface area contributed by atoms with Gasteiger partial charge in [-0.15, -0.1) is 0 Å². The standard InChI is InChI=1S/C15H23BClNO4/c1-13(2,3)20-12(19)18-10(8-9-11(18)17)16-21-14(4,5)15(6,7)22-16/h8-9H,1-7H3. The number of ether oxygens (including phenoxy) is 1. The molecule has 122 valence electrons. The second kappa shape index (κ2) is 5.29. The van der Waals surface area contributed by atoms with Gasteiger partial charge in [0.25, 0.3) is 0 Å². The molecular weight excluding hydrogens is 304 g/mol. The zero-order chi connectivity index (χ0) is 16.9. The zero-order valence-electron chi connectivity index (χ0n) is 14.2. The maximum atomic E-state index is 12.4. The van der Waals surface area contributed by atoms with Crippen molar-refractivity contribution in [3.05, 3.63) is 17.3 Å². The molecule has 1 fully saturated rings. The number of carbonyl (C=O) groups is 1. The Morgan fingerprint density at radius 2 is 1.68 bits per heavy atom. The fourth-order valence-electron chi connectivity index (χ4n) is 2.07. The van der Waals surface area contributed by atoms with E-state index in [1.54, 1.807) is 32.9 Å². The first-order valence-corrected chi connectivity index (χ1v) is 7.68. The Morgan fingerprint density at radius 3 is 2.14 bits per heavy atom. The Hall–Kier alpha value is -0.975. The first-order valence-electron chi connectivity index (χ1n) is 7.30.